The van der Waals surface area contributed by atoms with Crippen molar-refractivity contribution in [3.05, 3.63) is 35.3 Å². The fourth-order valence-electron chi connectivity index (χ4n) is 8.94. The van der Waals surface area contributed by atoms with Crippen molar-refractivity contribution in [1.82, 2.24) is 39.0 Å². The van der Waals surface area contributed by atoms with Gasteiger partial charge in [-0.3, -0.25) is 9.58 Å². The molecule has 1 aromatic carbocycles. The third-order valence-electron chi connectivity index (χ3n) is 11.6. The number of nitrogens with zero attached hydrogens (tertiary/aromatic N) is 9. The molecule has 13 nitrogen and oxygen atoms in total. The number of alkyl halides is 3. The Balaban J connectivity index is 1.30. The fraction of sp³-hybridized carbons (Fsp3) is 0.590. The maximum atomic E-state index is 15.2. The number of hydrogen-bond acceptors (Lipinski definition) is 10. The van der Waals surface area contributed by atoms with Crippen LogP contribution >= 0.6 is 0 Å². The Bertz CT molecular complexity index is 2380. The molecule has 3 aliphatic rings. The average Bonchev–Trinajstić information content (AvgIpc) is 3.90. The monoisotopic (exact) mass is 813 g/mol. The van der Waals surface area contributed by atoms with E-state index in [9.17, 15) is 9.50 Å². The lowest BCUT2D eigenvalue weighted by atomic mass is 9.94. The van der Waals surface area contributed by atoms with Gasteiger partial charge in [-0.05, 0) is 62.9 Å². The van der Waals surface area contributed by atoms with E-state index in [1.807, 2.05) is 4.90 Å². The van der Waals surface area contributed by atoms with Gasteiger partial charge >= 0.3 is 12.2 Å². The molecule has 57 heavy (non-hydrogen) atoms. The predicted octanol–water partition coefficient (Wildman–Crippen LogP) is 6.57. The van der Waals surface area contributed by atoms with Crippen molar-refractivity contribution in [3.8, 4) is 17.3 Å². The van der Waals surface area contributed by atoms with E-state index >= 15 is 13.2 Å². The van der Waals surface area contributed by atoms with Crippen LogP contribution in [0.5, 0.6) is 6.01 Å². The van der Waals surface area contributed by atoms with Crippen LogP contribution in [0.25, 0.3) is 44.2 Å². The lowest BCUT2D eigenvalue weighted by molar-refractivity contribution is -0.137. The van der Waals surface area contributed by atoms with Crippen LogP contribution in [0.1, 0.15) is 37.3 Å². The van der Waals surface area contributed by atoms with Gasteiger partial charge in [-0.15, -0.1) is 0 Å². The molecule has 8 rings (SSSR count). The van der Waals surface area contributed by atoms with E-state index in [1.54, 1.807) is 41.1 Å². The number of anilines is 1. The number of aromatic nitrogens is 7. The summed E-state index contributed by atoms with van der Waals surface area (Å²) < 4.78 is 82.3. The molecule has 4 aromatic heterocycles. The standard InChI is InChI=1S/C39H51F4N9O4Si/c1-24-15-26-19-52(23-55-13-14-57(5,6)7)47-30(26)27(29(24)39(41,42)43)31-33-32(49(4)46-31)28-34(48(33)3)44-36(45-35(28)50-11-12-54-21-37(2,53)20-50)56-22-38-9-8-10-51(38)18-25(16-38)17-40/h15,17,19,53H,8-14,16,18,20-23H2,1-7H3/b25-17-/t37-,38-/m0/s1. The fourth-order valence-corrected chi connectivity index (χ4v) is 9.70. The highest BCUT2D eigenvalue weighted by molar-refractivity contribution is 6.76. The Morgan fingerprint density at radius 3 is 2.63 bits per heavy atom. The highest BCUT2D eigenvalue weighted by Crippen LogP contribution is 2.47. The zero-order valence-corrected chi connectivity index (χ0v) is 34.6. The lowest BCUT2D eigenvalue weighted by Crippen LogP contribution is -2.44. The summed E-state index contributed by atoms with van der Waals surface area (Å²) in [4.78, 5) is 14.0. The first-order valence-corrected chi connectivity index (χ1v) is 23.2. The van der Waals surface area contributed by atoms with E-state index in [1.165, 1.54) is 13.0 Å². The van der Waals surface area contributed by atoms with Crippen molar-refractivity contribution in [3.63, 3.8) is 0 Å². The van der Waals surface area contributed by atoms with Gasteiger partial charge in [-0.25, -0.2) is 9.07 Å². The summed E-state index contributed by atoms with van der Waals surface area (Å²) in [5.74, 6) is 0.433. The smallest absolute Gasteiger partial charge is 0.417 e. The number of ether oxygens (including phenoxy) is 3. The summed E-state index contributed by atoms with van der Waals surface area (Å²) in [5.41, 5.74) is -0.220. The van der Waals surface area contributed by atoms with Crippen LogP contribution in [0.15, 0.2) is 24.2 Å². The molecule has 2 atom stereocenters. The molecular formula is C39H51F4N9O4Si. The van der Waals surface area contributed by atoms with Crippen molar-refractivity contribution in [2.45, 2.75) is 82.8 Å². The molecule has 0 radical (unpaired) electrons. The molecule has 18 heteroatoms. The molecular weight excluding hydrogens is 763 g/mol. The summed E-state index contributed by atoms with van der Waals surface area (Å²) in [6.07, 6.45) is 0.0159. The van der Waals surface area contributed by atoms with E-state index in [0.717, 1.165) is 31.0 Å². The minimum absolute atomic E-state index is 0.0442. The molecule has 0 bridgehead atoms. The average molecular weight is 814 g/mol. The van der Waals surface area contributed by atoms with Gasteiger partial charge in [0.2, 0.25) is 0 Å². The van der Waals surface area contributed by atoms with E-state index in [2.05, 4.69) is 29.6 Å². The first-order chi connectivity index (χ1) is 26.9. The van der Waals surface area contributed by atoms with Gasteiger partial charge in [-0.2, -0.15) is 33.3 Å². The van der Waals surface area contributed by atoms with Crippen molar-refractivity contribution in [1.29, 1.82) is 0 Å². The largest absolute Gasteiger partial charge is 0.461 e. The van der Waals surface area contributed by atoms with Crippen LogP contribution < -0.4 is 9.64 Å². The van der Waals surface area contributed by atoms with Crippen molar-refractivity contribution in [2.24, 2.45) is 14.1 Å². The number of rotatable bonds is 10. The Morgan fingerprint density at radius 2 is 1.89 bits per heavy atom. The Hall–Kier alpha value is -4.10. The third-order valence-corrected chi connectivity index (χ3v) is 13.3. The molecule has 7 heterocycles. The molecule has 3 fully saturated rings. The first-order valence-electron chi connectivity index (χ1n) is 19.5. The minimum atomic E-state index is -4.73. The normalized spacial score (nSPS) is 23.2. The zero-order chi connectivity index (χ0) is 40.7. The highest BCUT2D eigenvalue weighted by Gasteiger charge is 2.47. The summed E-state index contributed by atoms with van der Waals surface area (Å²) in [6, 6.07) is 2.53. The second kappa shape index (κ2) is 14.3. The van der Waals surface area contributed by atoms with Crippen LogP contribution in [-0.2, 0) is 36.5 Å². The maximum absolute atomic E-state index is 15.2. The molecule has 5 aromatic rings. The van der Waals surface area contributed by atoms with E-state index < -0.39 is 25.4 Å². The second-order valence-electron chi connectivity index (χ2n) is 17.6. The number of β-amino-alcohol motifs (C(OH)–C–C–N with tert-alkyl or cyclic N) is 1. The van der Waals surface area contributed by atoms with Gasteiger partial charge in [0.15, 0.2) is 5.65 Å². The van der Waals surface area contributed by atoms with Gasteiger partial charge < -0.3 is 28.8 Å². The molecule has 0 spiro atoms. The van der Waals surface area contributed by atoms with Crippen LogP contribution in [0.2, 0.25) is 25.7 Å². The Labute approximate surface area is 329 Å². The summed E-state index contributed by atoms with van der Waals surface area (Å²) in [6.45, 7) is 13.1. The predicted molar refractivity (Wildman–Crippen MR) is 212 cm³/mol. The number of benzene rings is 1. The highest BCUT2D eigenvalue weighted by atomic mass is 28.3. The van der Waals surface area contributed by atoms with Gasteiger partial charge in [0.1, 0.15) is 36.0 Å². The van der Waals surface area contributed by atoms with Gasteiger partial charge in [-0.1, -0.05) is 19.6 Å². The van der Waals surface area contributed by atoms with Crippen molar-refractivity contribution >= 4 is 46.9 Å². The van der Waals surface area contributed by atoms with Gasteiger partial charge in [0.25, 0.3) is 0 Å². The molecule has 3 saturated heterocycles. The molecule has 0 saturated carbocycles. The van der Waals surface area contributed by atoms with Gasteiger partial charge in [0, 0.05) is 59.0 Å². The van der Waals surface area contributed by atoms with Crippen LogP contribution in [0.3, 0.4) is 0 Å². The first kappa shape index (κ1) is 39.7. The van der Waals surface area contributed by atoms with Crippen LogP contribution in [0.4, 0.5) is 23.4 Å². The molecule has 0 aliphatic carbocycles. The van der Waals surface area contributed by atoms with Gasteiger partial charge in [0.05, 0.1) is 53.6 Å². The van der Waals surface area contributed by atoms with E-state index in [0.29, 0.717) is 72.3 Å². The van der Waals surface area contributed by atoms with E-state index in [4.69, 9.17) is 29.3 Å². The zero-order valence-electron chi connectivity index (χ0n) is 33.6. The minimum Gasteiger partial charge on any atom is -0.461 e. The summed E-state index contributed by atoms with van der Waals surface area (Å²) >= 11 is 0. The van der Waals surface area contributed by atoms with Crippen molar-refractivity contribution < 1.29 is 36.9 Å². The summed E-state index contributed by atoms with van der Waals surface area (Å²) in [5, 5.41) is 21.8. The maximum Gasteiger partial charge on any atom is 0.417 e. The molecule has 3 aliphatic heterocycles. The topological polar surface area (TPSA) is 121 Å². The SMILES string of the molecule is Cc1cc2cn(COCC[Si](C)(C)C)nc2c(-c2nn(C)c3c4c(N5CCOC[C@@](C)(O)C5)nc(OC[C@@]56CCCN5C/C(=C\F)C6)nc4n(C)c23)c1C(F)(F)F. The molecule has 308 valence electrons. The second-order valence-corrected chi connectivity index (χ2v) is 23.2. The number of halogens is 4. The van der Waals surface area contributed by atoms with E-state index in [-0.39, 0.29) is 60.4 Å². The number of hydrogen-bond donors (Lipinski definition) is 1. The lowest BCUT2D eigenvalue weighted by Gasteiger charge is -2.31. The number of aliphatic hydroxyl groups is 1. The Kier molecular flexibility index (Phi) is 9.98. The summed E-state index contributed by atoms with van der Waals surface area (Å²) in [7, 11) is 2.08. The Morgan fingerprint density at radius 1 is 1.11 bits per heavy atom. The number of aryl methyl sites for hydroxylation is 3. The molecule has 0 unspecified atom stereocenters. The van der Waals surface area contributed by atoms with Crippen LogP contribution in [0, 0.1) is 6.92 Å². The molecule has 1 N–H and O–H groups in total. The molecule has 0 amide bonds. The van der Waals surface area contributed by atoms with Crippen molar-refractivity contribution in [2.75, 3.05) is 57.5 Å². The third kappa shape index (κ3) is 7.32. The quantitative estimate of drug-likeness (QED) is 0.0943. The van der Waals surface area contributed by atoms with Crippen LogP contribution in [-0.4, -0.2) is 116 Å². The number of fused-ring (bicyclic) bond motifs is 5.